The molecule has 0 aliphatic carbocycles. The molecule has 1 heterocycles. The maximum atomic E-state index is 5.80. The first-order chi connectivity index (χ1) is 7.36. The third-order valence-corrected chi connectivity index (χ3v) is 2.03. The van der Waals surface area contributed by atoms with E-state index in [0.717, 1.165) is 16.9 Å². The number of benzene rings is 1. The molecule has 2 N–H and O–H groups in total. The smallest absolute Gasteiger partial charge is 0.115 e. The highest BCUT2D eigenvalue weighted by atomic mass is 14.8. The van der Waals surface area contributed by atoms with Gasteiger partial charge in [-0.1, -0.05) is 24.3 Å². The lowest BCUT2D eigenvalue weighted by Crippen LogP contribution is -1.87. The molecular formula is C12H11N3. The largest absolute Gasteiger partial charge is 0.398 e. The van der Waals surface area contributed by atoms with E-state index >= 15 is 0 Å². The van der Waals surface area contributed by atoms with Crippen molar-refractivity contribution in [3.8, 4) is 0 Å². The van der Waals surface area contributed by atoms with Gasteiger partial charge in [0, 0.05) is 11.9 Å². The van der Waals surface area contributed by atoms with Crippen LogP contribution in [0.4, 0.5) is 5.69 Å². The molecule has 0 bridgehead atoms. The summed E-state index contributed by atoms with van der Waals surface area (Å²) in [6, 6.07) is 9.55. The normalized spacial score (nSPS) is 10.7. The van der Waals surface area contributed by atoms with Gasteiger partial charge in [0.15, 0.2) is 0 Å². The Bertz CT molecular complexity index is 463. The fraction of sp³-hybridized carbons (Fsp3) is 0. The zero-order valence-electron chi connectivity index (χ0n) is 8.17. The summed E-state index contributed by atoms with van der Waals surface area (Å²) >= 11 is 0. The minimum Gasteiger partial charge on any atom is -0.398 e. The molecule has 0 aliphatic rings. The molecule has 0 aliphatic heterocycles. The van der Waals surface area contributed by atoms with Crippen LogP contribution in [-0.2, 0) is 0 Å². The van der Waals surface area contributed by atoms with Gasteiger partial charge in [-0.25, -0.2) is 9.97 Å². The van der Waals surface area contributed by atoms with Gasteiger partial charge in [-0.3, -0.25) is 0 Å². The van der Waals surface area contributed by atoms with Crippen molar-refractivity contribution in [2.75, 3.05) is 5.73 Å². The molecule has 0 unspecified atom stereocenters. The van der Waals surface area contributed by atoms with Gasteiger partial charge < -0.3 is 5.73 Å². The van der Waals surface area contributed by atoms with E-state index in [2.05, 4.69) is 9.97 Å². The minimum absolute atomic E-state index is 0.766. The fourth-order valence-corrected chi connectivity index (χ4v) is 1.24. The van der Waals surface area contributed by atoms with Crippen LogP contribution in [0.5, 0.6) is 0 Å². The number of hydrogen-bond donors (Lipinski definition) is 1. The molecule has 3 heteroatoms. The lowest BCUT2D eigenvalue weighted by atomic mass is 10.1. The van der Waals surface area contributed by atoms with E-state index in [1.807, 2.05) is 42.5 Å². The number of hydrogen-bond acceptors (Lipinski definition) is 3. The number of rotatable bonds is 2. The maximum absolute atomic E-state index is 5.80. The minimum atomic E-state index is 0.766. The standard InChI is InChI=1S/C12H11N3/c13-12-4-2-1-3-10(12)5-6-11-7-8-14-9-15-11/h1-9H,13H2/b6-5+. The summed E-state index contributed by atoms with van der Waals surface area (Å²) in [6.07, 6.45) is 7.08. The van der Waals surface area contributed by atoms with Crippen molar-refractivity contribution < 1.29 is 0 Å². The summed E-state index contributed by atoms with van der Waals surface area (Å²) < 4.78 is 0. The molecule has 0 radical (unpaired) electrons. The molecule has 2 rings (SSSR count). The van der Waals surface area contributed by atoms with Crippen molar-refractivity contribution in [2.45, 2.75) is 0 Å². The van der Waals surface area contributed by atoms with Crippen molar-refractivity contribution in [3.63, 3.8) is 0 Å². The van der Waals surface area contributed by atoms with Gasteiger partial charge >= 0.3 is 0 Å². The molecule has 74 valence electrons. The van der Waals surface area contributed by atoms with Gasteiger partial charge in [0.05, 0.1) is 5.69 Å². The zero-order valence-corrected chi connectivity index (χ0v) is 8.17. The molecule has 0 spiro atoms. The molecule has 0 atom stereocenters. The predicted molar refractivity (Wildman–Crippen MR) is 61.8 cm³/mol. The molecule has 2 aromatic rings. The van der Waals surface area contributed by atoms with E-state index in [-0.39, 0.29) is 0 Å². The van der Waals surface area contributed by atoms with Gasteiger partial charge in [-0.2, -0.15) is 0 Å². The van der Waals surface area contributed by atoms with Crippen molar-refractivity contribution >= 4 is 17.8 Å². The van der Waals surface area contributed by atoms with Crippen LogP contribution in [-0.4, -0.2) is 9.97 Å². The van der Waals surface area contributed by atoms with E-state index in [1.54, 1.807) is 6.20 Å². The van der Waals surface area contributed by atoms with Crippen LogP contribution < -0.4 is 5.73 Å². The van der Waals surface area contributed by atoms with Crippen LogP contribution in [0.15, 0.2) is 42.9 Å². The molecule has 15 heavy (non-hydrogen) atoms. The number of anilines is 1. The van der Waals surface area contributed by atoms with E-state index in [1.165, 1.54) is 6.33 Å². The molecule has 0 fully saturated rings. The molecule has 0 amide bonds. The van der Waals surface area contributed by atoms with Crippen molar-refractivity contribution in [1.29, 1.82) is 0 Å². The van der Waals surface area contributed by atoms with Crippen molar-refractivity contribution in [1.82, 2.24) is 9.97 Å². The Balaban J connectivity index is 2.23. The lowest BCUT2D eigenvalue weighted by Gasteiger charge is -1.97. The van der Waals surface area contributed by atoms with Crippen LogP contribution in [0.25, 0.3) is 12.2 Å². The van der Waals surface area contributed by atoms with Gasteiger partial charge in [-0.05, 0) is 23.8 Å². The quantitative estimate of drug-likeness (QED) is 0.751. The van der Waals surface area contributed by atoms with E-state index in [0.29, 0.717) is 0 Å². The van der Waals surface area contributed by atoms with Gasteiger partial charge in [0.25, 0.3) is 0 Å². The van der Waals surface area contributed by atoms with E-state index in [9.17, 15) is 0 Å². The maximum Gasteiger partial charge on any atom is 0.115 e. The summed E-state index contributed by atoms with van der Waals surface area (Å²) in [4.78, 5) is 7.93. The Morgan fingerprint density at radius 3 is 2.67 bits per heavy atom. The number of aromatic nitrogens is 2. The van der Waals surface area contributed by atoms with E-state index in [4.69, 9.17) is 5.73 Å². The van der Waals surface area contributed by atoms with Crippen LogP contribution >= 0.6 is 0 Å². The third-order valence-electron chi connectivity index (χ3n) is 2.03. The lowest BCUT2D eigenvalue weighted by molar-refractivity contribution is 1.15. The topological polar surface area (TPSA) is 51.8 Å². The number of nitrogens with zero attached hydrogens (tertiary/aromatic N) is 2. The molecule has 3 nitrogen and oxygen atoms in total. The molecule has 0 saturated heterocycles. The average Bonchev–Trinajstić information content (AvgIpc) is 2.29. The van der Waals surface area contributed by atoms with Gasteiger partial charge in [0.1, 0.15) is 6.33 Å². The van der Waals surface area contributed by atoms with Crippen LogP contribution in [0, 0.1) is 0 Å². The second-order valence-electron chi connectivity index (χ2n) is 3.10. The summed E-state index contributed by atoms with van der Waals surface area (Å²) in [7, 11) is 0. The monoisotopic (exact) mass is 197 g/mol. The van der Waals surface area contributed by atoms with Crippen molar-refractivity contribution in [3.05, 3.63) is 54.1 Å². The molecule has 1 aromatic carbocycles. The summed E-state index contributed by atoms with van der Waals surface area (Å²) in [5, 5.41) is 0. The summed E-state index contributed by atoms with van der Waals surface area (Å²) in [5.74, 6) is 0. The second-order valence-corrected chi connectivity index (χ2v) is 3.10. The Hall–Kier alpha value is -2.16. The Labute approximate surface area is 88.3 Å². The SMILES string of the molecule is Nc1ccccc1/C=C/c1ccncn1. The fourth-order valence-electron chi connectivity index (χ4n) is 1.24. The Morgan fingerprint density at radius 1 is 1.07 bits per heavy atom. The number of nitrogen functional groups attached to an aromatic ring is 1. The third kappa shape index (κ3) is 2.40. The predicted octanol–water partition coefficient (Wildman–Crippen LogP) is 2.23. The first-order valence-corrected chi connectivity index (χ1v) is 4.65. The highest BCUT2D eigenvalue weighted by molar-refractivity contribution is 5.74. The molecule has 0 saturated carbocycles. The average molecular weight is 197 g/mol. The Morgan fingerprint density at radius 2 is 1.93 bits per heavy atom. The molecule has 1 aromatic heterocycles. The van der Waals surface area contributed by atoms with E-state index < -0.39 is 0 Å². The van der Waals surface area contributed by atoms with Gasteiger partial charge in [0.2, 0.25) is 0 Å². The van der Waals surface area contributed by atoms with Crippen LogP contribution in [0.2, 0.25) is 0 Å². The van der Waals surface area contributed by atoms with Crippen LogP contribution in [0.3, 0.4) is 0 Å². The van der Waals surface area contributed by atoms with Gasteiger partial charge in [-0.15, -0.1) is 0 Å². The van der Waals surface area contributed by atoms with Crippen LogP contribution in [0.1, 0.15) is 11.3 Å². The number of nitrogens with two attached hydrogens (primary N) is 1. The number of para-hydroxylation sites is 1. The Kier molecular flexibility index (Phi) is 2.74. The summed E-state index contributed by atoms with van der Waals surface area (Å²) in [5.41, 5.74) is 8.43. The molecular weight excluding hydrogens is 186 g/mol. The first-order valence-electron chi connectivity index (χ1n) is 4.65. The first kappa shape index (κ1) is 9.40. The summed E-state index contributed by atoms with van der Waals surface area (Å²) in [6.45, 7) is 0. The second kappa shape index (κ2) is 4.37. The highest BCUT2D eigenvalue weighted by Crippen LogP contribution is 2.13. The zero-order chi connectivity index (χ0) is 10.5. The highest BCUT2D eigenvalue weighted by Gasteiger charge is 1.92. The van der Waals surface area contributed by atoms with Crippen molar-refractivity contribution in [2.24, 2.45) is 0 Å².